The van der Waals surface area contributed by atoms with E-state index in [1.807, 2.05) is 18.2 Å². The van der Waals surface area contributed by atoms with Gasteiger partial charge in [0.05, 0.1) is 5.92 Å². The quantitative estimate of drug-likeness (QED) is 0.807. The molecule has 0 amide bonds. The highest BCUT2D eigenvalue weighted by atomic mass is 16.4. The molecule has 1 aliphatic rings. The predicted molar refractivity (Wildman–Crippen MR) is 66.6 cm³/mol. The van der Waals surface area contributed by atoms with E-state index < -0.39 is 5.97 Å². The van der Waals surface area contributed by atoms with Crippen molar-refractivity contribution in [3.05, 3.63) is 48.6 Å². The molecule has 3 nitrogen and oxygen atoms in total. The van der Waals surface area contributed by atoms with Gasteiger partial charge in [-0.3, -0.25) is 9.69 Å². The number of benzene rings is 1. The Morgan fingerprint density at radius 3 is 2.76 bits per heavy atom. The molecule has 90 valence electrons. The Morgan fingerprint density at radius 2 is 2.18 bits per heavy atom. The van der Waals surface area contributed by atoms with Crippen molar-refractivity contribution in [1.29, 1.82) is 0 Å². The molecule has 2 unspecified atom stereocenters. The summed E-state index contributed by atoms with van der Waals surface area (Å²) >= 11 is 0. The summed E-state index contributed by atoms with van der Waals surface area (Å²) in [4.78, 5) is 13.3. The molecule has 1 fully saturated rings. The number of aliphatic carboxylic acids is 1. The van der Waals surface area contributed by atoms with Crippen molar-refractivity contribution in [1.82, 2.24) is 4.90 Å². The fraction of sp³-hybridized carbons (Fsp3) is 0.357. The van der Waals surface area contributed by atoms with Crippen LogP contribution in [0.1, 0.15) is 12.0 Å². The van der Waals surface area contributed by atoms with Crippen molar-refractivity contribution in [3.8, 4) is 0 Å². The summed E-state index contributed by atoms with van der Waals surface area (Å²) in [5.41, 5.74) is 1.21. The molecule has 0 bridgehead atoms. The van der Waals surface area contributed by atoms with Crippen molar-refractivity contribution < 1.29 is 9.90 Å². The SMILES string of the molecule is C=CC1C(C(=O)O)CCN1Cc1ccccc1. The standard InChI is InChI=1S/C14H17NO2/c1-2-13-12(14(16)17)8-9-15(13)10-11-6-4-3-5-7-11/h2-7,12-13H,1,8-10H2,(H,16,17). The zero-order valence-electron chi connectivity index (χ0n) is 9.75. The summed E-state index contributed by atoms with van der Waals surface area (Å²) < 4.78 is 0. The number of carboxylic acid groups (broad SMARTS) is 1. The molecule has 1 heterocycles. The van der Waals surface area contributed by atoms with Gasteiger partial charge in [-0.2, -0.15) is 0 Å². The maximum atomic E-state index is 11.1. The molecule has 1 N–H and O–H groups in total. The summed E-state index contributed by atoms with van der Waals surface area (Å²) in [6.07, 6.45) is 2.47. The van der Waals surface area contributed by atoms with Gasteiger partial charge in [-0.15, -0.1) is 6.58 Å². The molecule has 2 atom stereocenters. The van der Waals surface area contributed by atoms with Crippen molar-refractivity contribution in [3.63, 3.8) is 0 Å². The van der Waals surface area contributed by atoms with Gasteiger partial charge in [0, 0.05) is 19.1 Å². The minimum atomic E-state index is -0.717. The summed E-state index contributed by atoms with van der Waals surface area (Å²) in [7, 11) is 0. The van der Waals surface area contributed by atoms with Gasteiger partial charge in [-0.1, -0.05) is 36.4 Å². The highest BCUT2D eigenvalue weighted by molar-refractivity contribution is 5.71. The highest BCUT2D eigenvalue weighted by Gasteiger charge is 2.36. The van der Waals surface area contributed by atoms with E-state index in [9.17, 15) is 4.79 Å². The Hall–Kier alpha value is -1.61. The second kappa shape index (κ2) is 5.15. The lowest BCUT2D eigenvalue weighted by molar-refractivity contribution is -0.142. The van der Waals surface area contributed by atoms with Crippen molar-refractivity contribution >= 4 is 5.97 Å². The number of nitrogens with zero attached hydrogens (tertiary/aromatic N) is 1. The van der Waals surface area contributed by atoms with Crippen LogP contribution in [0, 0.1) is 5.92 Å². The van der Waals surface area contributed by atoms with Gasteiger partial charge in [0.25, 0.3) is 0 Å². The molecule has 0 radical (unpaired) electrons. The Balaban J connectivity index is 2.07. The predicted octanol–water partition coefficient (Wildman–Crippen LogP) is 2.15. The minimum Gasteiger partial charge on any atom is -0.481 e. The Kier molecular flexibility index (Phi) is 3.59. The lowest BCUT2D eigenvalue weighted by Gasteiger charge is -2.23. The van der Waals surface area contributed by atoms with E-state index in [1.165, 1.54) is 5.56 Å². The zero-order valence-corrected chi connectivity index (χ0v) is 9.75. The molecule has 3 heteroatoms. The Morgan fingerprint density at radius 1 is 1.47 bits per heavy atom. The monoisotopic (exact) mass is 231 g/mol. The van der Waals surface area contributed by atoms with E-state index in [2.05, 4.69) is 23.6 Å². The molecule has 0 spiro atoms. The van der Waals surface area contributed by atoms with Crippen molar-refractivity contribution in [2.24, 2.45) is 5.92 Å². The summed E-state index contributed by atoms with van der Waals surface area (Å²) in [5.74, 6) is -1.03. The van der Waals surface area contributed by atoms with Crippen LogP contribution in [0.25, 0.3) is 0 Å². The van der Waals surface area contributed by atoms with E-state index in [0.29, 0.717) is 6.42 Å². The van der Waals surface area contributed by atoms with E-state index in [4.69, 9.17) is 5.11 Å². The van der Waals surface area contributed by atoms with Gasteiger partial charge in [0.1, 0.15) is 0 Å². The first kappa shape index (κ1) is 11.9. The van der Waals surface area contributed by atoms with Crippen molar-refractivity contribution in [2.75, 3.05) is 6.54 Å². The lowest BCUT2D eigenvalue weighted by atomic mass is 10.0. The second-order valence-corrected chi connectivity index (χ2v) is 4.42. The van der Waals surface area contributed by atoms with Crippen LogP contribution in [-0.2, 0) is 11.3 Å². The number of carbonyl (C=O) groups is 1. The van der Waals surface area contributed by atoms with Gasteiger partial charge in [-0.05, 0) is 12.0 Å². The summed E-state index contributed by atoms with van der Waals surface area (Å²) in [5, 5.41) is 9.12. The molecule has 1 aliphatic heterocycles. The van der Waals surface area contributed by atoms with Gasteiger partial charge in [-0.25, -0.2) is 0 Å². The largest absolute Gasteiger partial charge is 0.481 e. The molecule has 0 saturated carbocycles. The number of hydrogen-bond acceptors (Lipinski definition) is 2. The second-order valence-electron chi connectivity index (χ2n) is 4.42. The van der Waals surface area contributed by atoms with Crippen LogP contribution in [0.15, 0.2) is 43.0 Å². The number of rotatable bonds is 4. The van der Waals surface area contributed by atoms with E-state index in [-0.39, 0.29) is 12.0 Å². The average Bonchev–Trinajstić information content (AvgIpc) is 2.73. The molecule has 2 rings (SSSR count). The molecule has 0 aliphatic carbocycles. The van der Waals surface area contributed by atoms with Crippen LogP contribution in [0.4, 0.5) is 0 Å². The van der Waals surface area contributed by atoms with Crippen LogP contribution in [0.2, 0.25) is 0 Å². The van der Waals surface area contributed by atoms with Crippen LogP contribution >= 0.6 is 0 Å². The zero-order chi connectivity index (χ0) is 12.3. The van der Waals surface area contributed by atoms with Crippen LogP contribution in [-0.4, -0.2) is 28.6 Å². The van der Waals surface area contributed by atoms with Gasteiger partial charge >= 0.3 is 5.97 Å². The lowest BCUT2D eigenvalue weighted by Crippen LogP contribution is -2.33. The average molecular weight is 231 g/mol. The molecule has 17 heavy (non-hydrogen) atoms. The number of hydrogen-bond donors (Lipinski definition) is 1. The van der Waals surface area contributed by atoms with E-state index >= 15 is 0 Å². The van der Waals surface area contributed by atoms with E-state index in [0.717, 1.165) is 13.1 Å². The highest BCUT2D eigenvalue weighted by Crippen LogP contribution is 2.26. The van der Waals surface area contributed by atoms with Crippen molar-refractivity contribution in [2.45, 2.75) is 19.0 Å². The third-order valence-electron chi connectivity index (χ3n) is 3.35. The molecular formula is C14H17NO2. The topological polar surface area (TPSA) is 40.5 Å². The van der Waals surface area contributed by atoms with Crippen LogP contribution in [0.3, 0.4) is 0 Å². The molecule has 1 aromatic carbocycles. The van der Waals surface area contributed by atoms with Gasteiger partial charge < -0.3 is 5.11 Å². The number of carboxylic acids is 1. The maximum absolute atomic E-state index is 11.1. The minimum absolute atomic E-state index is 0.0484. The third-order valence-corrected chi connectivity index (χ3v) is 3.35. The first-order valence-electron chi connectivity index (χ1n) is 5.85. The first-order valence-corrected chi connectivity index (χ1v) is 5.85. The Labute approximate surface area is 101 Å². The third kappa shape index (κ3) is 2.56. The van der Waals surface area contributed by atoms with Crippen LogP contribution in [0.5, 0.6) is 0 Å². The van der Waals surface area contributed by atoms with Gasteiger partial charge in [0.2, 0.25) is 0 Å². The first-order chi connectivity index (χ1) is 8.22. The fourth-order valence-corrected chi connectivity index (χ4v) is 2.46. The smallest absolute Gasteiger partial charge is 0.308 e. The maximum Gasteiger partial charge on any atom is 0.308 e. The summed E-state index contributed by atoms with van der Waals surface area (Å²) in [6.45, 7) is 5.38. The fourth-order valence-electron chi connectivity index (χ4n) is 2.46. The van der Waals surface area contributed by atoms with Crippen LogP contribution < -0.4 is 0 Å². The molecule has 1 saturated heterocycles. The molecular weight excluding hydrogens is 214 g/mol. The molecule has 0 aromatic heterocycles. The van der Waals surface area contributed by atoms with Gasteiger partial charge in [0.15, 0.2) is 0 Å². The summed E-state index contributed by atoms with van der Waals surface area (Å²) in [6, 6.07) is 10.1. The number of likely N-dealkylation sites (tertiary alicyclic amines) is 1. The van der Waals surface area contributed by atoms with E-state index in [1.54, 1.807) is 6.08 Å². The molecule has 1 aromatic rings. The Bertz CT molecular complexity index is 402. The normalized spacial score (nSPS) is 24.7.